The summed E-state index contributed by atoms with van der Waals surface area (Å²) in [6.45, 7) is 10.9. The van der Waals surface area contributed by atoms with E-state index in [1.165, 1.54) is 0 Å². The third kappa shape index (κ3) is 7.43. The van der Waals surface area contributed by atoms with Gasteiger partial charge in [-0.3, -0.25) is 0 Å². The first-order valence-corrected chi connectivity index (χ1v) is 12.5. The van der Waals surface area contributed by atoms with Gasteiger partial charge in [-0.15, -0.1) is 4.72 Å². The number of urea groups is 1. The molecule has 3 N–H and O–H groups in total. The Kier molecular flexibility index (Phi) is 10.4. The predicted molar refractivity (Wildman–Crippen MR) is 131 cm³/mol. The number of benzene rings is 1. The van der Waals surface area contributed by atoms with Crippen LogP contribution in [0.25, 0.3) is 0 Å². The number of hydrogen-bond acceptors (Lipinski definition) is 5. The first kappa shape index (κ1) is 27.1. The molecule has 2 amide bonds. The lowest BCUT2D eigenvalue weighted by Gasteiger charge is -2.38. The number of piperidine rings is 1. The van der Waals surface area contributed by atoms with E-state index in [9.17, 15) is 9.35 Å². The number of carbonyl (C=O) groups is 1. The van der Waals surface area contributed by atoms with Gasteiger partial charge in [-0.2, -0.15) is 0 Å². The number of carbonyl (C=O) groups excluding carboxylic acids is 1. The van der Waals surface area contributed by atoms with Crippen LogP contribution in [0.2, 0.25) is 10.0 Å². The number of rotatable bonds is 9. The van der Waals surface area contributed by atoms with E-state index in [-0.39, 0.29) is 31.1 Å². The minimum Gasteiger partial charge on any atom is -0.598 e. The Hall–Kier alpha value is -1.16. The highest BCUT2D eigenvalue weighted by Gasteiger charge is 2.37. The number of amides is 2. The molecule has 1 fully saturated rings. The van der Waals surface area contributed by atoms with E-state index in [2.05, 4.69) is 16.6 Å². The molecular weight excluding hydrogens is 473 g/mol. The largest absolute Gasteiger partial charge is 0.598 e. The number of nitrogens with one attached hydrogen (secondary N) is 2. The number of aliphatic hydroxyl groups is 1. The zero-order chi connectivity index (χ0) is 23.9. The maximum absolute atomic E-state index is 13.0. The van der Waals surface area contributed by atoms with Crippen molar-refractivity contribution in [2.45, 2.75) is 44.4 Å². The van der Waals surface area contributed by atoms with Crippen LogP contribution < -0.4 is 14.8 Å². The first-order valence-electron chi connectivity index (χ1n) is 10.6. The molecule has 0 aromatic heterocycles. The van der Waals surface area contributed by atoms with Gasteiger partial charge >= 0.3 is 6.03 Å². The molecule has 2 atom stereocenters. The molecule has 32 heavy (non-hydrogen) atoms. The summed E-state index contributed by atoms with van der Waals surface area (Å²) in [5.74, 6) is 0.650. The van der Waals surface area contributed by atoms with E-state index in [0.29, 0.717) is 48.3 Å². The van der Waals surface area contributed by atoms with Crippen LogP contribution in [0.1, 0.15) is 45.2 Å². The molecule has 1 aliphatic heterocycles. The number of aliphatic hydroxyl groups excluding tert-OH is 1. The summed E-state index contributed by atoms with van der Waals surface area (Å²) >= 11 is 11.3. The average molecular weight is 506 g/mol. The van der Waals surface area contributed by atoms with Crippen LogP contribution in [0.4, 0.5) is 4.79 Å². The third-order valence-electron chi connectivity index (χ3n) is 5.22. The second kappa shape index (κ2) is 12.3. The normalized spacial score (nSPS) is 17.0. The van der Waals surface area contributed by atoms with Gasteiger partial charge in [-0.1, -0.05) is 35.9 Å². The van der Waals surface area contributed by atoms with Crippen LogP contribution >= 0.6 is 23.2 Å². The van der Waals surface area contributed by atoms with Crippen molar-refractivity contribution in [3.05, 3.63) is 40.4 Å². The minimum absolute atomic E-state index is 0.0894. The Labute approximate surface area is 203 Å². The summed E-state index contributed by atoms with van der Waals surface area (Å²) in [6.07, 6.45) is 3.05. The van der Waals surface area contributed by atoms with Gasteiger partial charge in [-0.25, -0.2) is 4.79 Å². The van der Waals surface area contributed by atoms with Gasteiger partial charge in [0, 0.05) is 42.6 Å². The second-order valence-electron chi connectivity index (χ2n) is 8.66. The average Bonchev–Trinajstić information content (AvgIpc) is 2.75. The highest BCUT2D eigenvalue weighted by Crippen LogP contribution is 2.40. The lowest BCUT2D eigenvalue weighted by Crippen LogP contribution is -2.48. The molecule has 1 saturated heterocycles. The van der Waals surface area contributed by atoms with Crippen LogP contribution in [0.3, 0.4) is 0 Å². The van der Waals surface area contributed by atoms with Gasteiger partial charge in [0.05, 0.1) is 22.7 Å². The van der Waals surface area contributed by atoms with Gasteiger partial charge in [0.25, 0.3) is 0 Å². The summed E-state index contributed by atoms with van der Waals surface area (Å²) in [5, 5.41) is 12.4. The standard InChI is InChI=1S/C22H33Cl2N3O4S/c1-5-12-31-19-14-18(24)17(23)13-16(19)20(26-32(30)22(2,3)4)15-6-9-27(10-7-15)21(29)25-8-11-28/h5,13-15,20,26,28H,1,6-12H2,2-4H3,(H,25,29)/t20-,32-/m1/s1. The van der Waals surface area contributed by atoms with Crippen LogP contribution in [-0.2, 0) is 11.4 Å². The van der Waals surface area contributed by atoms with E-state index < -0.39 is 16.1 Å². The van der Waals surface area contributed by atoms with Gasteiger partial charge in [-0.05, 0) is 45.6 Å². The molecule has 7 nitrogen and oxygen atoms in total. The summed E-state index contributed by atoms with van der Waals surface area (Å²) in [5.41, 5.74) is 0.780. The molecule has 1 aliphatic rings. The fourth-order valence-corrected chi connectivity index (χ4v) is 4.71. The fraction of sp³-hybridized carbons (Fsp3) is 0.591. The monoisotopic (exact) mass is 505 g/mol. The Morgan fingerprint density at radius 1 is 1.38 bits per heavy atom. The molecule has 0 bridgehead atoms. The van der Waals surface area contributed by atoms with Crippen molar-refractivity contribution in [3.8, 4) is 5.75 Å². The smallest absolute Gasteiger partial charge is 0.317 e. The molecule has 0 aliphatic carbocycles. The quantitative estimate of drug-likeness (QED) is 0.347. The van der Waals surface area contributed by atoms with Crippen molar-refractivity contribution in [1.29, 1.82) is 0 Å². The minimum atomic E-state index is -1.34. The van der Waals surface area contributed by atoms with Crippen LogP contribution in [0.15, 0.2) is 24.8 Å². The zero-order valence-corrected chi connectivity index (χ0v) is 21.2. The topological polar surface area (TPSA) is 96.9 Å². The van der Waals surface area contributed by atoms with Crippen molar-refractivity contribution in [1.82, 2.24) is 14.9 Å². The maximum atomic E-state index is 13.0. The van der Waals surface area contributed by atoms with Crippen LogP contribution in [-0.4, -0.2) is 58.2 Å². The summed E-state index contributed by atoms with van der Waals surface area (Å²) in [7, 11) is 0. The van der Waals surface area contributed by atoms with Crippen molar-refractivity contribution in [2.75, 3.05) is 32.8 Å². The molecule has 180 valence electrons. The molecule has 10 heteroatoms. The highest BCUT2D eigenvalue weighted by atomic mass is 35.5. The molecule has 1 heterocycles. The molecule has 1 aromatic carbocycles. The Morgan fingerprint density at radius 2 is 2.00 bits per heavy atom. The van der Waals surface area contributed by atoms with Gasteiger partial charge < -0.3 is 24.6 Å². The maximum Gasteiger partial charge on any atom is 0.317 e. The van der Waals surface area contributed by atoms with Gasteiger partial charge in [0.2, 0.25) is 0 Å². The number of likely N-dealkylation sites (tertiary alicyclic amines) is 1. The number of nitrogens with zero attached hydrogens (tertiary/aromatic N) is 1. The molecule has 0 spiro atoms. The lowest BCUT2D eigenvalue weighted by molar-refractivity contribution is 0.157. The fourth-order valence-electron chi connectivity index (χ4n) is 3.48. The van der Waals surface area contributed by atoms with E-state index in [0.717, 1.165) is 5.56 Å². The van der Waals surface area contributed by atoms with Gasteiger partial charge in [0.1, 0.15) is 17.1 Å². The SMILES string of the molecule is C=CCOc1cc(Cl)c(Cl)cc1[C@H](N[S@+]([O-])C(C)(C)C)C1CCN(C(=O)NCCO)CC1. The molecule has 0 unspecified atom stereocenters. The highest BCUT2D eigenvalue weighted by molar-refractivity contribution is 7.90. The summed E-state index contributed by atoms with van der Waals surface area (Å²) in [6, 6.07) is 2.94. The lowest BCUT2D eigenvalue weighted by atomic mass is 9.85. The first-order chi connectivity index (χ1) is 15.1. The Bertz CT molecular complexity index is 783. The van der Waals surface area contributed by atoms with E-state index in [1.807, 2.05) is 20.8 Å². The number of ether oxygens (including phenoxy) is 1. The van der Waals surface area contributed by atoms with E-state index >= 15 is 0 Å². The van der Waals surface area contributed by atoms with Crippen LogP contribution in [0, 0.1) is 5.92 Å². The Balaban J connectivity index is 2.31. The van der Waals surface area contributed by atoms with Gasteiger partial charge in [0.15, 0.2) is 0 Å². The molecule has 0 saturated carbocycles. The predicted octanol–water partition coefficient (Wildman–Crippen LogP) is 4.07. The van der Waals surface area contributed by atoms with Crippen LogP contribution in [0.5, 0.6) is 5.75 Å². The molecular formula is C22H33Cl2N3O4S. The summed E-state index contributed by atoms with van der Waals surface area (Å²) in [4.78, 5) is 14.0. The zero-order valence-electron chi connectivity index (χ0n) is 18.8. The van der Waals surface area contributed by atoms with Crippen molar-refractivity contribution >= 4 is 40.6 Å². The molecule has 0 radical (unpaired) electrons. The number of hydrogen-bond donors (Lipinski definition) is 3. The van der Waals surface area contributed by atoms with E-state index in [1.54, 1.807) is 23.1 Å². The Morgan fingerprint density at radius 3 is 2.56 bits per heavy atom. The van der Waals surface area contributed by atoms with Crippen molar-refractivity contribution < 1.29 is 19.2 Å². The molecule has 1 aromatic rings. The third-order valence-corrected chi connectivity index (χ3v) is 7.52. The molecule has 2 rings (SSSR count). The van der Waals surface area contributed by atoms with Crippen molar-refractivity contribution in [3.63, 3.8) is 0 Å². The van der Waals surface area contributed by atoms with Crippen molar-refractivity contribution in [2.24, 2.45) is 5.92 Å². The summed E-state index contributed by atoms with van der Waals surface area (Å²) < 4.78 is 21.7. The van der Waals surface area contributed by atoms with E-state index in [4.69, 9.17) is 33.0 Å². The second-order valence-corrected chi connectivity index (χ2v) is 11.5. The number of halogens is 2.